The molecule has 0 heterocycles. The van der Waals surface area contributed by atoms with E-state index in [-0.39, 0.29) is 36.1 Å². The van der Waals surface area contributed by atoms with Gasteiger partial charge in [-0.05, 0) is 29.7 Å². The summed E-state index contributed by atoms with van der Waals surface area (Å²) in [6, 6.07) is 3.12. The van der Waals surface area contributed by atoms with E-state index in [1.165, 1.54) is 0 Å². The monoisotopic (exact) mass is 241 g/mol. The maximum atomic E-state index is 13.3. The molecule has 4 heteroatoms. The molecule has 0 spiro atoms. The van der Waals surface area contributed by atoms with Crippen LogP contribution in [0.25, 0.3) is 0 Å². The van der Waals surface area contributed by atoms with Gasteiger partial charge in [-0.2, -0.15) is 0 Å². The highest BCUT2D eigenvalue weighted by Gasteiger charge is 2.21. The van der Waals surface area contributed by atoms with Crippen molar-refractivity contribution in [3.8, 4) is 0 Å². The Morgan fingerprint density at radius 1 is 1.35 bits per heavy atom. The van der Waals surface area contributed by atoms with Crippen LogP contribution in [0.4, 0.5) is 8.78 Å². The van der Waals surface area contributed by atoms with Crippen molar-refractivity contribution >= 4 is 5.78 Å². The third-order valence-corrected chi connectivity index (χ3v) is 2.84. The zero-order chi connectivity index (χ0) is 13.0. The molecule has 1 rings (SSSR count). The number of ketones is 1. The summed E-state index contributed by atoms with van der Waals surface area (Å²) >= 11 is 0. The lowest BCUT2D eigenvalue weighted by Crippen LogP contribution is -2.29. The van der Waals surface area contributed by atoms with E-state index in [2.05, 4.69) is 0 Å². The van der Waals surface area contributed by atoms with Crippen LogP contribution in [0.2, 0.25) is 0 Å². The molecule has 1 aromatic rings. The van der Waals surface area contributed by atoms with Gasteiger partial charge in [-0.25, -0.2) is 8.78 Å². The van der Waals surface area contributed by atoms with Gasteiger partial charge in [0.25, 0.3) is 0 Å². The van der Waals surface area contributed by atoms with Crippen LogP contribution < -0.4 is 5.73 Å². The molecule has 0 aromatic heterocycles. The number of halogens is 2. The standard InChI is InChI=1S/C13H17F2NO/c1-8(2)11(7-16)13(17)6-9-5-10(14)3-4-12(9)15/h3-5,8,11H,6-7,16H2,1-2H3. The third-order valence-electron chi connectivity index (χ3n) is 2.84. The van der Waals surface area contributed by atoms with E-state index < -0.39 is 11.6 Å². The molecule has 2 nitrogen and oxygen atoms in total. The van der Waals surface area contributed by atoms with Gasteiger partial charge in [0.2, 0.25) is 0 Å². The summed E-state index contributed by atoms with van der Waals surface area (Å²) in [4.78, 5) is 11.9. The van der Waals surface area contributed by atoms with Crippen molar-refractivity contribution in [3.63, 3.8) is 0 Å². The van der Waals surface area contributed by atoms with Crippen LogP contribution in [0, 0.1) is 23.5 Å². The zero-order valence-corrected chi connectivity index (χ0v) is 10.0. The Labute approximate surface area is 99.8 Å². The van der Waals surface area contributed by atoms with Gasteiger partial charge in [-0.15, -0.1) is 0 Å². The minimum Gasteiger partial charge on any atom is -0.330 e. The number of Topliss-reactive ketones (excluding diaryl/α,β-unsaturated/α-hetero) is 1. The van der Waals surface area contributed by atoms with E-state index in [0.717, 1.165) is 18.2 Å². The summed E-state index contributed by atoms with van der Waals surface area (Å²) in [5.74, 6) is -1.45. The summed E-state index contributed by atoms with van der Waals surface area (Å²) in [5, 5.41) is 0. The Kier molecular flexibility index (Phi) is 4.75. The largest absolute Gasteiger partial charge is 0.330 e. The van der Waals surface area contributed by atoms with Crippen LogP contribution in [0.1, 0.15) is 19.4 Å². The van der Waals surface area contributed by atoms with E-state index in [9.17, 15) is 13.6 Å². The number of benzene rings is 1. The van der Waals surface area contributed by atoms with Gasteiger partial charge in [-0.1, -0.05) is 13.8 Å². The van der Waals surface area contributed by atoms with E-state index in [4.69, 9.17) is 5.73 Å². The predicted octanol–water partition coefficient (Wildman–Crippen LogP) is 2.31. The van der Waals surface area contributed by atoms with Crippen LogP contribution in [-0.2, 0) is 11.2 Å². The Morgan fingerprint density at radius 3 is 2.53 bits per heavy atom. The van der Waals surface area contributed by atoms with Gasteiger partial charge in [-0.3, -0.25) is 4.79 Å². The first-order chi connectivity index (χ1) is 7.95. The highest BCUT2D eigenvalue weighted by Crippen LogP contribution is 2.16. The highest BCUT2D eigenvalue weighted by molar-refractivity contribution is 5.83. The van der Waals surface area contributed by atoms with E-state index in [0.29, 0.717) is 0 Å². The molecule has 1 atom stereocenters. The van der Waals surface area contributed by atoms with Gasteiger partial charge >= 0.3 is 0 Å². The smallest absolute Gasteiger partial charge is 0.141 e. The van der Waals surface area contributed by atoms with Crippen molar-refractivity contribution in [3.05, 3.63) is 35.4 Å². The lowest BCUT2D eigenvalue weighted by Gasteiger charge is -2.17. The van der Waals surface area contributed by atoms with Crippen molar-refractivity contribution in [2.45, 2.75) is 20.3 Å². The van der Waals surface area contributed by atoms with E-state index in [1.807, 2.05) is 13.8 Å². The molecule has 0 radical (unpaired) electrons. The van der Waals surface area contributed by atoms with Gasteiger partial charge in [0.1, 0.15) is 17.4 Å². The number of hydrogen-bond acceptors (Lipinski definition) is 2. The molecule has 1 aromatic carbocycles. The lowest BCUT2D eigenvalue weighted by molar-refractivity contribution is -0.123. The zero-order valence-electron chi connectivity index (χ0n) is 10.0. The van der Waals surface area contributed by atoms with Crippen LogP contribution in [0.3, 0.4) is 0 Å². The molecule has 0 saturated carbocycles. The van der Waals surface area contributed by atoms with E-state index >= 15 is 0 Å². The fourth-order valence-corrected chi connectivity index (χ4v) is 1.77. The van der Waals surface area contributed by atoms with Crippen LogP contribution in [-0.4, -0.2) is 12.3 Å². The lowest BCUT2D eigenvalue weighted by atomic mass is 9.88. The van der Waals surface area contributed by atoms with Crippen molar-refractivity contribution in [1.29, 1.82) is 0 Å². The number of rotatable bonds is 5. The second-order valence-electron chi connectivity index (χ2n) is 4.47. The maximum Gasteiger partial charge on any atom is 0.141 e. The second-order valence-corrected chi connectivity index (χ2v) is 4.47. The molecule has 0 aliphatic rings. The Bertz CT molecular complexity index is 404. The molecule has 0 aliphatic carbocycles. The highest BCUT2D eigenvalue weighted by atomic mass is 19.1. The molecule has 2 N–H and O–H groups in total. The van der Waals surface area contributed by atoms with E-state index in [1.54, 1.807) is 0 Å². The first kappa shape index (κ1) is 13.8. The normalized spacial score (nSPS) is 12.8. The van der Waals surface area contributed by atoms with Crippen molar-refractivity contribution in [2.24, 2.45) is 17.6 Å². The van der Waals surface area contributed by atoms with Gasteiger partial charge in [0, 0.05) is 18.9 Å². The average Bonchev–Trinajstić information content (AvgIpc) is 2.24. The van der Waals surface area contributed by atoms with Crippen molar-refractivity contribution in [2.75, 3.05) is 6.54 Å². The summed E-state index contributed by atoms with van der Waals surface area (Å²) < 4.78 is 26.3. The van der Waals surface area contributed by atoms with Crippen molar-refractivity contribution in [1.82, 2.24) is 0 Å². The maximum absolute atomic E-state index is 13.3. The summed E-state index contributed by atoms with van der Waals surface area (Å²) in [6.07, 6.45) is -0.108. The molecular formula is C13H17F2NO. The van der Waals surface area contributed by atoms with Gasteiger partial charge < -0.3 is 5.73 Å². The number of carbonyl (C=O) groups is 1. The van der Waals surface area contributed by atoms with Crippen LogP contribution in [0.15, 0.2) is 18.2 Å². The third kappa shape index (κ3) is 3.60. The second kappa shape index (κ2) is 5.87. The molecule has 0 aliphatic heterocycles. The quantitative estimate of drug-likeness (QED) is 0.859. The van der Waals surface area contributed by atoms with Crippen LogP contribution >= 0.6 is 0 Å². The van der Waals surface area contributed by atoms with Gasteiger partial charge in [0.15, 0.2) is 0 Å². The van der Waals surface area contributed by atoms with Crippen molar-refractivity contribution < 1.29 is 13.6 Å². The van der Waals surface area contributed by atoms with Gasteiger partial charge in [0.05, 0.1) is 0 Å². The van der Waals surface area contributed by atoms with Crippen LogP contribution in [0.5, 0.6) is 0 Å². The molecule has 0 saturated heterocycles. The minimum atomic E-state index is -0.556. The number of nitrogens with two attached hydrogens (primary N) is 1. The molecule has 94 valence electrons. The molecule has 17 heavy (non-hydrogen) atoms. The first-order valence-corrected chi connectivity index (χ1v) is 5.62. The number of hydrogen-bond donors (Lipinski definition) is 1. The minimum absolute atomic E-state index is 0.0918. The Hall–Kier alpha value is -1.29. The fourth-order valence-electron chi connectivity index (χ4n) is 1.77. The molecule has 0 bridgehead atoms. The summed E-state index contributed by atoms with van der Waals surface area (Å²) in [5.41, 5.74) is 5.60. The molecule has 0 fully saturated rings. The predicted molar refractivity (Wildman–Crippen MR) is 62.5 cm³/mol. The molecule has 0 amide bonds. The Morgan fingerprint density at radius 2 is 2.00 bits per heavy atom. The molecular weight excluding hydrogens is 224 g/mol. The average molecular weight is 241 g/mol. The summed E-state index contributed by atoms with van der Waals surface area (Å²) in [6.45, 7) is 4.00. The Balaban J connectivity index is 2.83. The molecule has 1 unspecified atom stereocenters. The SMILES string of the molecule is CC(C)C(CN)C(=O)Cc1cc(F)ccc1F. The topological polar surface area (TPSA) is 43.1 Å². The summed E-state index contributed by atoms with van der Waals surface area (Å²) in [7, 11) is 0. The number of carbonyl (C=O) groups excluding carboxylic acids is 1. The first-order valence-electron chi connectivity index (χ1n) is 5.62. The fraction of sp³-hybridized carbons (Fsp3) is 0.462.